The van der Waals surface area contributed by atoms with Crippen LogP contribution in [0.15, 0.2) is 0 Å². The van der Waals surface area contributed by atoms with Gasteiger partial charge >= 0.3 is 0 Å². The van der Waals surface area contributed by atoms with Crippen LogP contribution in [0, 0.1) is 5.92 Å². The Hall–Kier alpha value is -0.120. The maximum Gasteiger partial charge on any atom is 0.0481 e. The summed E-state index contributed by atoms with van der Waals surface area (Å²) in [6.45, 7) is 0.576. The first-order valence-corrected chi connectivity index (χ1v) is 8.17. The molecule has 3 nitrogen and oxygen atoms in total. The normalized spacial score (nSPS) is 11.4. The Labute approximate surface area is 119 Å². The molecule has 0 fully saturated rings. The first kappa shape index (κ1) is 18.9. The van der Waals surface area contributed by atoms with E-state index in [2.05, 4.69) is 0 Å². The average Bonchev–Trinajstić information content (AvgIpc) is 2.44. The second-order valence-corrected chi connectivity index (χ2v) is 5.63. The molecular weight excluding hydrogens is 240 g/mol. The highest BCUT2D eigenvalue weighted by Gasteiger charge is 2.04. The average molecular weight is 274 g/mol. The molecule has 0 radical (unpaired) electrons. The van der Waals surface area contributed by atoms with E-state index >= 15 is 0 Å². The van der Waals surface area contributed by atoms with Crippen molar-refractivity contribution in [3.63, 3.8) is 0 Å². The number of aliphatic hydroxyl groups is 3. The monoisotopic (exact) mass is 274 g/mol. The molecule has 0 aliphatic heterocycles. The summed E-state index contributed by atoms with van der Waals surface area (Å²) in [5, 5.41) is 26.5. The van der Waals surface area contributed by atoms with Crippen LogP contribution in [-0.4, -0.2) is 35.1 Å². The van der Waals surface area contributed by atoms with Gasteiger partial charge in [0.15, 0.2) is 0 Å². The smallest absolute Gasteiger partial charge is 0.0481 e. The van der Waals surface area contributed by atoms with Gasteiger partial charge in [0, 0.05) is 25.7 Å². The zero-order valence-corrected chi connectivity index (χ0v) is 12.5. The van der Waals surface area contributed by atoms with Crippen LogP contribution < -0.4 is 0 Å². The van der Waals surface area contributed by atoms with Crippen LogP contribution >= 0.6 is 0 Å². The molecule has 0 aliphatic carbocycles. The summed E-state index contributed by atoms with van der Waals surface area (Å²) in [5.74, 6) is 0.0962. The van der Waals surface area contributed by atoms with E-state index in [1.807, 2.05) is 0 Å². The minimum atomic E-state index is 0.0962. The molecule has 0 unspecified atom stereocenters. The van der Waals surface area contributed by atoms with Crippen LogP contribution in [-0.2, 0) is 0 Å². The minimum absolute atomic E-state index is 0.0962. The lowest BCUT2D eigenvalue weighted by atomic mass is 10.0. The van der Waals surface area contributed by atoms with Crippen molar-refractivity contribution >= 4 is 0 Å². The third kappa shape index (κ3) is 14.1. The summed E-state index contributed by atoms with van der Waals surface area (Å²) < 4.78 is 0. The second kappa shape index (κ2) is 15.9. The molecule has 0 aromatic carbocycles. The maximum absolute atomic E-state index is 8.93. The highest BCUT2D eigenvalue weighted by Crippen LogP contribution is 2.13. The Morgan fingerprint density at radius 1 is 0.474 bits per heavy atom. The van der Waals surface area contributed by atoms with Crippen molar-refractivity contribution in [1.82, 2.24) is 0 Å². The van der Waals surface area contributed by atoms with Crippen molar-refractivity contribution in [2.45, 2.75) is 77.0 Å². The maximum atomic E-state index is 8.93. The number of hydrogen-bond acceptors (Lipinski definition) is 3. The van der Waals surface area contributed by atoms with Gasteiger partial charge in [0.25, 0.3) is 0 Å². The van der Waals surface area contributed by atoms with Crippen LogP contribution in [0.5, 0.6) is 0 Å². The zero-order chi connectivity index (χ0) is 14.2. The third-order valence-electron chi connectivity index (χ3n) is 3.79. The Morgan fingerprint density at radius 3 is 1.21 bits per heavy atom. The predicted octanol–water partition coefficient (Wildman–Crippen LogP) is 3.26. The number of hydrogen-bond donors (Lipinski definition) is 3. The molecule has 0 aromatic heterocycles. The van der Waals surface area contributed by atoms with E-state index in [4.69, 9.17) is 15.3 Å². The van der Waals surface area contributed by atoms with Gasteiger partial charge in [-0.25, -0.2) is 0 Å². The quantitative estimate of drug-likeness (QED) is 0.402. The Bertz CT molecular complexity index is 158. The number of rotatable bonds is 15. The van der Waals surface area contributed by atoms with Crippen molar-refractivity contribution < 1.29 is 15.3 Å². The van der Waals surface area contributed by atoms with Crippen LogP contribution in [0.2, 0.25) is 0 Å². The van der Waals surface area contributed by atoms with Crippen LogP contribution in [0.3, 0.4) is 0 Å². The fraction of sp³-hybridized carbons (Fsp3) is 1.00. The molecule has 0 spiro atoms. The summed E-state index contributed by atoms with van der Waals surface area (Å²) in [6.07, 6.45) is 14.7. The lowest BCUT2D eigenvalue weighted by molar-refractivity contribution is 0.141. The van der Waals surface area contributed by atoms with Crippen molar-refractivity contribution in [3.05, 3.63) is 0 Å². The van der Waals surface area contributed by atoms with E-state index in [1.54, 1.807) is 0 Å². The van der Waals surface area contributed by atoms with E-state index < -0.39 is 0 Å². The Morgan fingerprint density at radius 2 is 0.842 bits per heavy atom. The van der Waals surface area contributed by atoms with E-state index in [0.29, 0.717) is 6.61 Å². The molecule has 3 heteroatoms. The lowest BCUT2D eigenvalue weighted by Gasteiger charge is -2.09. The Balaban J connectivity index is 3.02. The summed E-state index contributed by atoms with van der Waals surface area (Å²) in [4.78, 5) is 0. The molecule has 0 saturated heterocycles. The van der Waals surface area contributed by atoms with Crippen LogP contribution in [0.1, 0.15) is 77.0 Å². The van der Waals surface area contributed by atoms with Gasteiger partial charge in [-0.3, -0.25) is 0 Å². The lowest BCUT2D eigenvalue weighted by Crippen LogP contribution is -2.10. The van der Waals surface area contributed by atoms with Crippen LogP contribution in [0.4, 0.5) is 0 Å². The zero-order valence-electron chi connectivity index (χ0n) is 12.5. The molecule has 116 valence electrons. The summed E-state index contributed by atoms with van der Waals surface area (Å²) in [7, 11) is 0. The predicted molar refractivity (Wildman–Crippen MR) is 80.2 cm³/mol. The van der Waals surface area contributed by atoms with E-state index in [0.717, 1.165) is 19.3 Å². The fourth-order valence-electron chi connectivity index (χ4n) is 2.38. The molecule has 0 saturated carbocycles. The van der Waals surface area contributed by atoms with Crippen molar-refractivity contribution in [2.75, 3.05) is 19.8 Å². The highest BCUT2D eigenvalue weighted by atomic mass is 16.3. The molecular formula is C16H34O3. The van der Waals surface area contributed by atoms with E-state index in [1.165, 1.54) is 57.8 Å². The molecule has 0 aliphatic rings. The van der Waals surface area contributed by atoms with E-state index in [9.17, 15) is 0 Å². The topological polar surface area (TPSA) is 60.7 Å². The molecule has 0 rings (SSSR count). The van der Waals surface area contributed by atoms with Gasteiger partial charge in [-0.2, -0.15) is 0 Å². The molecule has 0 atom stereocenters. The first-order chi connectivity index (χ1) is 9.35. The summed E-state index contributed by atoms with van der Waals surface area (Å²) >= 11 is 0. The van der Waals surface area contributed by atoms with Gasteiger partial charge in [0.05, 0.1) is 0 Å². The van der Waals surface area contributed by atoms with Gasteiger partial charge in [-0.15, -0.1) is 0 Å². The largest absolute Gasteiger partial charge is 0.396 e. The SMILES string of the molecule is OCCCCCCCCCCCCCC(CO)CO. The minimum Gasteiger partial charge on any atom is -0.396 e. The molecule has 0 amide bonds. The van der Waals surface area contributed by atoms with Gasteiger partial charge < -0.3 is 15.3 Å². The third-order valence-corrected chi connectivity index (χ3v) is 3.79. The van der Waals surface area contributed by atoms with Crippen molar-refractivity contribution in [2.24, 2.45) is 5.92 Å². The van der Waals surface area contributed by atoms with Gasteiger partial charge in [0.1, 0.15) is 0 Å². The van der Waals surface area contributed by atoms with Gasteiger partial charge in [-0.05, 0) is 12.8 Å². The highest BCUT2D eigenvalue weighted by molar-refractivity contribution is 4.56. The summed E-state index contributed by atoms with van der Waals surface area (Å²) in [6, 6.07) is 0. The molecule has 19 heavy (non-hydrogen) atoms. The van der Waals surface area contributed by atoms with Gasteiger partial charge in [0.2, 0.25) is 0 Å². The second-order valence-electron chi connectivity index (χ2n) is 5.63. The van der Waals surface area contributed by atoms with E-state index in [-0.39, 0.29) is 19.1 Å². The van der Waals surface area contributed by atoms with Crippen molar-refractivity contribution in [3.8, 4) is 0 Å². The summed E-state index contributed by atoms with van der Waals surface area (Å²) in [5.41, 5.74) is 0. The molecule has 0 bridgehead atoms. The fourth-order valence-corrected chi connectivity index (χ4v) is 2.38. The Kier molecular flexibility index (Phi) is 15.8. The van der Waals surface area contributed by atoms with Gasteiger partial charge in [-0.1, -0.05) is 64.2 Å². The first-order valence-electron chi connectivity index (χ1n) is 8.17. The number of aliphatic hydroxyl groups excluding tert-OH is 3. The molecule has 0 heterocycles. The number of unbranched alkanes of at least 4 members (excludes halogenated alkanes) is 10. The molecule has 0 aromatic rings. The van der Waals surface area contributed by atoms with Crippen LogP contribution in [0.25, 0.3) is 0 Å². The molecule has 3 N–H and O–H groups in total. The van der Waals surface area contributed by atoms with Crippen molar-refractivity contribution in [1.29, 1.82) is 0 Å². The standard InChI is InChI=1S/C16H34O3/c17-13-11-9-7-5-3-1-2-4-6-8-10-12-16(14-18)15-19/h16-19H,1-15H2.